The molecule has 0 radical (unpaired) electrons. The van der Waals surface area contributed by atoms with Crippen molar-refractivity contribution in [3.8, 4) is 17.6 Å². The third-order valence-electron chi connectivity index (χ3n) is 5.13. The summed E-state index contributed by atoms with van der Waals surface area (Å²) in [5.74, 6) is -4.70. The summed E-state index contributed by atoms with van der Waals surface area (Å²) in [6.07, 6.45) is 0.401. The van der Waals surface area contributed by atoms with Gasteiger partial charge >= 0.3 is 5.92 Å². The van der Waals surface area contributed by atoms with E-state index in [0.717, 1.165) is 30.7 Å². The molecule has 12 heteroatoms. The summed E-state index contributed by atoms with van der Waals surface area (Å²) in [4.78, 5) is 6.09. The van der Waals surface area contributed by atoms with Gasteiger partial charge in [0.1, 0.15) is 35.5 Å². The number of nitriles is 1. The zero-order valence-electron chi connectivity index (χ0n) is 17.1. The van der Waals surface area contributed by atoms with Crippen LogP contribution in [0.1, 0.15) is 17.7 Å². The summed E-state index contributed by atoms with van der Waals surface area (Å²) in [5, 5.41) is 23.7. The second-order valence-electron chi connectivity index (χ2n) is 7.28. The summed E-state index contributed by atoms with van der Waals surface area (Å²) in [6, 6.07) is 10.1. The average Bonchev–Trinajstić information content (AvgIpc) is 3.25. The number of ether oxygens (including phenoxy) is 1. The fourth-order valence-corrected chi connectivity index (χ4v) is 3.66. The van der Waals surface area contributed by atoms with Crippen LogP contribution in [0.25, 0.3) is 0 Å². The lowest BCUT2D eigenvalue weighted by Crippen LogP contribution is -2.53. The number of rotatable bonds is 6. The molecule has 2 atom stereocenters. The highest BCUT2D eigenvalue weighted by Gasteiger charge is 2.62. The van der Waals surface area contributed by atoms with Gasteiger partial charge in [0.05, 0.1) is 17.8 Å². The van der Waals surface area contributed by atoms with E-state index in [-0.39, 0.29) is 5.75 Å². The molecule has 4 rings (SSSR count). The maximum atomic E-state index is 15.8. The van der Waals surface area contributed by atoms with Gasteiger partial charge in [-0.25, -0.2) is 8.78 Å². The molecule has 7 nitrogen and oxygen atoms in total. The van der Waals surface area contributed by atoms with E-state index in [9.17, 15) is 13.9 Å². The molecule has 2 unspecified atom stereocenters. The van der Waals surface area contributed by atoms with E-state index in [1.807, 2.05) is 6.07 Å². The van der Waals surface area contributed by atoms with Gasteiger partial charge in [-0.2, -0.15) is 23.8 Å². The van der Waals surface area contributed by atoms with Crippen molar-refractivity contribution in [3.63, 3.8) is 0 Å². The molecule has 0 amide bonds. The number of hydrogen-bond acceptors (Lipinski definition) is 6. The normalized spacial score (nSPS) is 17.8. The van der Waals surface area contributed by atoms with E-state index in [4.69, 9.17) is 22.2 Å². The van der Waals surface area contributed by atoms with Crippen LogP contribution in [0.4, 0.5) is 17.6 Å². The lowest BCUT2D eigenvalue weighted by atomic mass is 9.86. The van der Waals surface area contributed by atoms with Crippen LogP contribution < -0.4 is 4.74 Å². The fourth-order valence-electron chi connectivity index (χ4n) is 3.43. The van der Waals surface area contributed by atoms with Crippen molar-refractivity contribution in [2.24, 2.45) is 0 Å². The van der Waals surface area contributed by atoms with Crippen LogP contribution in [-0.4, -0.2) is 31.0 Å². The number of benzene rings is 1. The SMILES string of the molecule is N#Cc1ccc(Oc2ccc(C(F)(F)C(O)(C3=CC=C(F)CC3F)n3nc[nH]c3=S)nc2)cc1. The number of aromatic amines is 1. The Balaban J connectivity index is 1.73. The predicted molar refractivity (Wildman–Crippen MR) is 114 cm³/mol. The lowest BCUT2D eigenvalue weighted by molar-refractivity contribution is -0.226. The number of H-pyrrole nitrogens is 1. The molecule has 2 heterocycles. The molecule has 2 N–H and O–H groups in total. The van der Waals surface area contributed by atoms with Gasteiger partial charge in [0.15, 0.2) is 4.77 Å². The number of aromatic nitrogens is 4. The molecule has 0 fully saturated rings. The molecule has 1 aliphatic rings. The fraction of sp³-hybridized carbons (Fsp3) is 0.182. The Morgan fingerprint density at radius 1 is 1.18 bits per heavy atom. The molecule has 0 aliphatic heterocycles. The molecule has 174 valence electrons. The number of aliphatic hydroxyl groups is 1. The first-order valence-corrected chi connectivity index (χ1v) is 10.2. The van der Waals surface area contributed by atoms with E-state index in [1.54, 1.807) is 0 Å². The molecule has 0 bridgehead atoms. The number of alkyl halides is 3. The zero-order valence-corrected chi connectivity index (χ0v) is 17.9. The largest absolute Gasteiger partial charge is 0.456 e. The highest BCUT2D eigenvalue weighted by atomic mass is 32.1. The summed E-state index contributed by atoms with van der Waals surface area (Å²) in [5.41, 5.74) is -4.78. The van der Waals surface area contributed by atoms with Crippen molar-refractivity contribution < 1.29 is 27.4 Å². The Hall–Kier alpha value is -3.82. The zero-order chi connectivity index (χ0) is 24.5. The van der Waals surface area contributed by atoms with Gasteiger partial charge in [0.25, 0.3) is 5.72 Å². The van der Waals surface area contributed by atoms with Gasteiger partial charge in [0, 0.05) is 12.0 Å². The van der Waals surface area contributed by atoms with Crippen LogP contribution in [0.15, 0.2) is 72.5 Å². The average molecular weight is 489 g/mol. The van der Waals surface area contributed by atoms with Gasteiger partial charge in [-0.3, -0.25) is 4.98 Å². The Morgan fingerprint density at radius 2 is 1.88 bits per heavy atom. The number of hydrogen-bond donors (Lipinski definition) is 2. The minimum atomic E-state index is -4.26. The molecular weight excluding hydrogens is 474 g/mol. The Labute approximate surface area is 195 Å². The van der Waals surface area contributed by atoms with Crippen molar-refractivity contribution in [2.45, 2.75) is 24.2 Å². The Kier molecular flexibility index (Phi) is 6.07. The molecule has 0 spiro atoms. The first-order valence-electron chi connectivity index (χ1n) is 9.75. The highest BCUT2D eigenvalue weighted by molar-refractivity contribution is 7.71. The van der Waals surface area contributed by atoms with Gasteiger partial charge < -0.3 is 14.8 Å². The lowest BCUT2D eigenvalue weighted by Gasteiger charge is -2.38. The Bertz CT molecular complexity index is 1360. The van der Waals surface area contributed by atoms with Gasteiger partial charge in [-0.1, -0.05) is 6.08 Å². The van der Waals surface area contributed by atoms with Crippen LogP contribution in [0.3, 0.4) is 0 Å². The van der Waals surface area contributed by atoms with E-state index in [2.05, 4.69) is 15.1 Å². The van der Waals surface area contributed by atoms with Crippen molar-refractivity contribution >= 4 is 12.2 Å². The molecule has 3 aromatic rings. The van der Waals surface area contributed by atoms with Gasteiger partial charge in [-0.05, 0) is 54.7 Å². The molecule has 2 aromatic heterocycles. The maximum absolute atomic E-state index is 15.8. The van der Waals surface area contributed by atoms with Crippen molar-refractivity contribution in [3.05, 3.63) is 88.5 Å². The summed E-state index contributed by atoms with van der Waals surface area (Å²) >= 11 is 4.95. The van der Waals surface area contributed by atoms with Crippen LogP contribution in [0.2, 0.25) is 0 Å². The van der Waals surface area contributed by atoms with Gasteiger partial charge in [-0.15, -0.1) is 0 Å². The minimum Gasteiger partial charge on any atom is -0.456 e. The Morgan fingerprint density at radius 3 is 2.44 bits per heavy atom. The number of nitrogens with zero attached hydrogens (tertiary/aromatic N) is 4. The smallest absolute Gasteiger partial charge is 0.342 e. The highest BCUT2D eigenvalue weighted by Crippen LogP contribution is 2.49. The maximum Gasteiger partial charge on any atom is 0.342 e. The predicted octanol–water partition coefficient (Wildman–Crippen LogP) is 4.96. The van der Waals surface area contributed by atoms with Crippen LogP contribution in [0, 0.1) is 16.1 Å². The van der Waals surface area contributed by atoms with E-state index < -0.39 is 46.1 Å². The first-order chi connectivity index (χ1) is 16.2. The molecular formula is C22H15F4N5O2S. The molecule has 0 saturated carbocycles. The third-order valence-corrected chi connectivity index (χ3v) is 5.42. The molecule has 34 heavy (non-hydrogen) atoms. The van der Waals surface area contributed by atoms with Crippen LogP contribution >= 0.6 is 12.2 Å². The molecule has 1 aliphatic carbocycles. The molecule has 0 saturated heterocycles. The standard InChI is InChI=1S/C22H15F4N5O2S/c23-14-3-7-17(18(24)9-14)22(32,31-20(34)29-12-30-31)21(25,26)19-8-6-16(11-28-19)33-15-4-1-13(10-27)2-5-15/h1-8,11-12,18,32H,9H2,(H,29,30,34). The number of pyridine rings is 1. The van der Waals surface area contributed by atoms with Crippen molar-refractivity contribution in [1.29, 1.82) is 5.26 Å². The second kappa shape index (κ2) is 8.85. The van der Waals surface area contributed by atoms with Crippen LogP contribution in [-0.2, 0) is 11.6 Å². The van der Waals surface area contributed by atoms with E-state index in [1.165, 1.54) is 30.3 Å². The molecule has 1 aromatic carbocycles. The number of nitrogens with one attached hydrogen (secondary N) is 1. The minimum absolute atomic E-state index is 0.0921. The monoisotopic (exact) mass is 489 g/mol. The third kappa shape index (κ3) is 4.00. The van der Waals surface area contributed by atoms with Crippen molar-refractivity contribution in [1.82, 2.24) is 19.7 Å². The van der Waals surface area contributed by atoms with Crippen molar-refractivity contribution in [2.75, 3.05) is 0 Å². The summed E-state index contributed by atoms with van der Waals surface area (Å²) in [7, 11) is 0. The number of halogens is 4. The number of allylic oxidation sites excluding steroid dienone is 3. The summed E-state index contributed by atoms with van der Waals surface area (Å²) in [6.45, 7) is 0. The van der Waals surface area contributed by atoms with Gasteiger partial charge in [0.2, 0.25) is 0 Å². The van der Waals surface area contributed by atoms with E-state index in [0.29, 0.717) is 16.0 Å². The summed E-state index contributed by atoms with van der Waals surface area (Å²) < 4.78 is 65.4. The second-order valence-corrected chi connectivity index (χ2v) is 7.66. The quantitative estimate of drug-likeness (QED) is 0.375. The topological polar surface area (TPSA) is 99.7 Å². The first kappa shape index (κ1) is 23.3. The van der Waals surface area contributed by atoms with E-state index >= 15 is 8.78 Å². The van der Waals surface area contributed by atoms with Crippen LogP contribution in [0.5, 0.6) is 11.5 Å².